The summed E-state index contributed by atoms with van der Waals surface area (Å²) in [6.45, 7) is 0. The molecular formula is C12H11F3N4. The zero-order chi connectivity index (χ0) is 14.0. The predicted octanol–water partition coefficient (Wildman–Crippen LogP) is 3.01. The monoisotopic (exact) mass is 268 g/mol. The maximum atomic E-state index is 12.5. The number of nitrogen functional groups attached to an aromatic ring is 2. The van der Waals surface area contributed by atoms with E-state index in [1.165, 1.54) is 24.3 Å². The number of hydrogen-bond acceptors (Lipinski definition) is 4. The van der Waals surface area contributed by atoms with E-state index in [0.29, 0.717) is 11.5 Å². The van der Waals surface area contributed by atoms with E-state index in [4.69, 9.17) is 11.5 Å². The van der Waals surface area contributed by atoms with Gasteiger partial charge in [-0.15, -0.1) is 0 Å². The second-order valence-electron chi connectivity index (χ2n) is 3.87. The van der Waals surface area contributed by atoms with Crippen molar-refractivity contribution in [3.8, 4) is 0 Å². The van der Waals surface area contributed by atoms with Gasteiger partial charge in [-0.05, 0) is 30.3 Å². The average Bonchev–Trinajstić information content (AvgIpc) is 2.33. The van der Waals surface area contributed by atoms with Crippen LogP contribution in [0.2, 0.25) is 0 Å². The first-order valence-electron chi connectivity index (χ1n) is 5.32. The Hall–Kier alpha value is -2.44. The number of benzene rings is 1. The molecule has 0 atom stereocenters. The molecule has 100 valence electrons. The molecule has 1 heterocycles. The van der Waals surface area contributed by atoms with Crippen molar-refractivity contribution < 1.29 is 13.2 Å². The molecule has 0 fully saturated rings. The molecule has 0 saturated carbocycles. The standard InChI is InChI=1S/C12H11F3N4/c13-12(14,15)7-2-1-3-8(6-7)18-10-5-4-9(16)11(17)19-10/h1-6H,16H2,(H3,17,18,19). The summed E-state index contributed by atoms with van der Waals surface area (Å²) < 4.78 is 37.6. The molecule has 2 aromatic rings. The lowest BCUT2D eigenvalue weighted by atomic mass is 10.2. The van der Waals surface area contributed by atoms with E-state index >= 15 is 0 Å². The molecule has 0 saturated heterocycles. The van der Waals surface area contributed by atoms with Crippen molar-refractivity contribution >= 4 is 23.0 Å². The van der Waals surface area contributed by atoms with Gasteiger partial charge in [0.2, 0.25) is 0 Å². The number of halogens is 3. The Bertz CT molecular complexity index is 596. The van der Waals surface area contributed by atoms with E-state index < -0.39 is 11.7 Å². The average molecular weight is 268 g/mol. The summed E-state index contributed by atoms with van der Waals surface area (Å²) in [4.78, 5) is 3.92. The minimum absolute atomic E-state index is 0.122. The third kappa shape index (κ3) is 3.06. The van der Waals surface area contributed by atoms with Crippen LogP contribution < -0.4 is 16.8 Å². The van der Waals surface area contributed by atoms with E-state index in [9.17, 15) is 13.2 Å². The molecule has 0 radical (unpaired) electrons. The van der Waals surface area contributed by atoms with Gasteiger partial charge in [0, 0.05) is 5.69 Å². The summed E-state index contributed by atoms with van der Waals surface area (Å²) in [5.74, 6) is 0.447. The van der Waals surface area contributed by atoms with Crippen molar-refractivity contribution in [2.24, 2.45) is 0 Å². The summed E-state index contributed by atoms with van der Waals surface area (Å²) in [5.41, 5.74) is 10.9. The number of nitrogens with two attached hydrogens (primary N) is 2. The molecule has 0 aliphatic carbocycles. The molecule has 5 N–H and O–H groups in total. The molecule has 0 amide bonds. The molecule has 7 heteroatoms. The fourth-order valence-electron chi connectivity index (χ4n) is 1.48. The van der Waals surface area contributed by atoms with Crippen molar-refractivity contribution in [2.75, 3.05) is 16.8 Å². The smallest absolute Gasteiger partial charge is 0.396 e. The summed E-state index contributed by atoms with van der Waals surface area (Å²) in [6.07, 6.45) is -4.38. The van der Waals surface area contributed by atoms with Crippen molar-refractivity contribution in [3.63, 3.8) is 0 Å². The van der Waals surface area contributed by atoms with Gasteiger partial charge < -0.3 is 16.8 Å². The Balaban J connectivity index is 2.26. The molecule has 1 aromatic heterocycles. The molecule has 2 rings (SSSR count). The quantitative estimate of drug-likeness (QED) is 0.782. The van der Waals surface area contributed by atoms with E-state index in [-0.39, 0.29) is 11.5 Å². The largest absolute Gasteiger partial charge is 0.416 e. The molecular weight excluding hydrogens is 257 g/mol. The molecule has 19 heavy (non-hydrogen) atoms. The van der Waals surface area contributed by atoms with Crippen LogP contribution in [0.25, 0.3) is 0 Å². The summed E-state index contributed by atoms with van der Waals surface area (Å²) in [5, 5.41) is 2.74. The van der Waals surface area contributed by atoms with Crippen LogP contribution in [-0.4, -0.2) is 4.98 Å². The Morgan fingerprint density at radius 3 is 2.42 bits per heavy atom. The summed E-state index contributed by atoms with van der Waals surface area (Å²) in [6, 6.07) is 7.86. The number of anilines is 4. The van der Waals surface area contributed by atoms with Gasteiger partial charge >= 0.3 is 6.18 Å². The number of aromatic nitrogens is 1. The van der Waals surface area contributed by atoms with Crippen LogP contribution in [0.3, 0.4) is 0 Å². The highest BCUT2D eigenvalue weighted by molar-refractivity contribution is 5.65. The van der Waals surface area contributed by atoms with Gasteiger partial charge in [0.05, 0.1) is 11.3 Å². The van der Waals surface area contributed by atoms with Crippen LogP contribution in [0.4, 0.5) is 36.2 Å². The minimum Gasteiger partial charge on any atom is -0.396 e. The number of pyridine rings is 1. The van der Waals surface area contributed by atoms with Gasteiger partial charge in [-0.25, -0.2) is 4.98 Å². The summed E-state index contributed by atoms with van der Waals surface area (Å²) >= 11 is 0. The number of rotatable bonds is 2. The second kappa shape index (κ2) is 4.68. The van der Waals surface area contributed by atoms with Gasteiger partial charge in [0.25, 0.3) is 0 Å². The number of nitrogens with zero attached hydrogens (tertiary/aromatic N) is 1. The van der Waals surface area contributed by atoms with Crippen LogP contribution >= 0.6 is 0 Å². The van der Waals surface area contributed by atoms with Gasteiger partial charge in [0.15, 0.2) is 0 Å². The van der Waals surface area contributed by atoms with Crippen LogP contribution in [0, 0.1) is 0 Å². The highest BCUT2D eigenvalue weighted by atomic mass is 19.4. The molecule has 0 aliphatic heterocycles. The Morgan fingerprint density at radius 1 is 1.05 bits per heavy atom. The van der Waals surface area contributed by atoms with Gasteiger partial charge in [-0.3, -0.25) is 0 Å². The van der Waals surface area contributed by atoms with E-state index in [1.807, 2.05) is 0 Å². The molecule has 1 aromatic carbocycles. The summed E-state index contributed by atoms with van der Waals surface area (Å²) in [7, 11) is 0. The Labute approximate surface area is 107 Å². The highest BCUT2D eigenvalue weighted by Crippen LogP contribution is 2.31. The van der Waals surface area contributed by atoms with Gasteiger partial charge in [-0.2, -0.15) is 13.2 Å². The first kappa shape index (κ1) is 13.0. The zero-order valence-electron chi connectivity index (χ0n) is 9.70. The molecule has 0 spiro atoms. The molecule has 4 nitrogen and oxygen atoms in total. The highest BCUT2D eigenvalue weighted by Gasteiger charge is 2.30. The first-order chi connectivity index (χ1) is 8.86. The molecule has 0 unspecified atom stereocenters. The lowest BCUT2D eigenvalue weighted by Gasteiger charge is -2.10. The first-order valence-corrected chi connectivity index (χ1v) is 5.32. The van der Waals surface area contributed by atoms with Crippen LogP contribution in [0.15, 0.2) is 36.4 Å². The van der Waals surface area contributed by atoms with Gasteiger partial charge in [-0.1, -0.05) is 6.07 Å². The van der Waals surface area contributed by atoms with Crippen LogP contribution in [0.5, 0.6) is 0 Å². The molecule has 0 aliphatic rings. The second-order valence-corrected chi connectivity index (χ2v) is 3.87. The molecule has 0 bridgehead atoms. The topological polar surface area (TPSA) is 77.0 Å². The fraction of sp³-hybridized carbons (Fsp3) is 0.0833. The third-order valence-electron chi connectivity index (χ3n) is 2.42. The van der Waals surface area contributed by atoms with Gasteiger partial charge in [0.1, 0.15) is 11.6 Å². The van der Waals surface area contributed by atoms with E-state index in [0.717, 1.165) is 12.1 Å². The fourth-order valence-corrected chi connectivity index (χ4v) is 1.48. The van der Waals surface area contributed by atoms with Crippen LogP contribution in [0.1, 0.15) is 5.56 Å². The number of alkyl halides is 3. The SMILES string of the molecule is Nc1ccc(Nc2cccc(C(F)(F)F)c2)nc1N. The lowest BCUT2D eigenvalue weighted by molar-refractivity contribution is -0.137. The predicted molar refractivity (Wildman–Crippen MR) is 67.8 cm³/mol. The van der Waals surface area contributed by atoms with Crippen LogP contribution in [-0.2, 0) is 6.18 Å². The maximum absolute atomic E-state index is 12.5. The van der Waals surface area contributed by atoms with E-state index in [2.05, 4.69) is 10.3 Å². The Morgan fingerprint density at radius 2 is 1.79 bits per heavy atom. The van der Waals surface area contributed by atoms with E-state index in [1.54, 1.807) is 0 Å². The third-order valence-corrected chi connectivity index (χ3v) is 2.42. The minimum atomic E-state index is -4.38. The van der Waals surface area contributed by atoms with Crippen molar-refractivity contribution in [3.05, 3.63) is 42.0 Å². The van der Waals surface area contributed by atoms with Crippen molar-refractivity contribution in [2.45, 2.75) is 6.18 Å². The van der Waals surface area contributed by atoms with Crippen molar-refractivity contribution in [1.29, 1.82) is 0 Å². The zero-order valence-corrected chi connectivity index (χ0v) is 9.70. The Kier molecular flexibility index (Phi) is 3.20. The van der Waals surface area contributed by atoms with Crippen molar-refractivity contribution in [1.82, 2.24) is 4.98 Å². The normalized spacial score (nSPS) is 11.3. The maximum Gasteiger partial charge on any atom is 0.416 e. The lowest BCUT2D eigenvalue weighted by Crippen LogP contribution is -2.06. The number of nitrogens with one attached hydrogen (secondary N) is 1. The number of hydrogen-bond donors (Lipinski definition) is 3.